The van der Waals surface area contributed by atoms with Crippen LogP contribution in [0.2, 0.25) is 0 Å². The van der Waals surface area contributed by atoms with Gasteiger partial charge in [0.15, 0.2) is 0 Å². The molecule has 0 saturated heterocycles. The molecule has 0 amide bonds. The van der Waals surface area contributed by atoms with Crippen LogP contribution in [0.3, 0.4) is 0 Å². The van der Waals surface area contributed by atoms with E-state index in [1.807, 2.05) is 30.3 Å². The summed E-state index contributed by atoms with van der Waals surface area (Å²) in [6, 6.07) is 39.7. The van der Waals surface area contributed by atoms with Crippen molar-refractivity contribution in [3.8, 4) is 11.1 Å². The Kier molecular flexibility index (Phi) is 4.29. The molecule has 0 unspecified atom stereocenters. The van der Waals surface area contributed by atoms with Crippen LogP contribution >= 0.6 is 0 Å². The Bertz CT molecular complexity index is 1400. The summed E-state index contributed by atoms with van der Waals surface area (Å²) in [6.07, 6.45) is 0. The molecule has 1 aliphatic carbocycles. The third-order valence-corrected chi connectivity index (χ3v) is 6.75. The molecular formula is C29H21BO2. The molecule has 152 valence electrons. The van der Waals surface area contributed by atoms with Gasteiger partial charge in [-0.25, -0.2) is 0 Å². The average molecular weight is 412 g/mol. The molecular weight excluding hydrogens is 391 g/mol. The van der Waals surface area contributed by atoms with Gasteiger partial charge < -0.3 is 10.0 Å². The van der Waals surface area contributed by atoms with Gasteiger partial charge in [0, 0.05) is 0 Å². The Labute approximate surface area is 187 Å². The van der Waals surface area contributed by atoms with Gasteiger partial charge in [-0.3, -0.25) is 0 Å². The van der Waals surface area contributed by atoms with Crippen molar-refractivity contribution in [1.82, 2.24) is 0 Å². The summed E-state index contributed by atoms with van der Waals surface area (Å²) < 4.78 is 0. The van der Waals surface area contributed by atoms with E-state index >= 15 is 0 Å². The molecule has 2 nitrogen and oxygen atoms in total. The Balaban J connectivity index is 1.85. The summed E-state index contributed by atoms with van der Waals surface area (Å²) in [5, 5.41) is 22.9. The molecule has 5 aromatic carbocycles. The van der Waals surface area contributed by atoms with Gasteiger partial charge in [-0.1, -0.05) is 103 Å². The summed E-state index contributed by atoms with van der Waals surface area (Å²) in [5.41, 5.74) is 6.50. The van der Waals surface area contributed by atoms with Gasteiger partial charge in [0.1, 0.15) is 0 Å². The van der Waals surface area contributed by atoms with Crippen LogP contribution in [-0.4, -0.2) is 17.2 Å². The first kappa shape index (κ1) is 19.1. The SMILES string of the molecule is OB(O)c1cccc2c1-c1cc3ccccc3cc1C2(c1ccccc1)c1ccccc1. The van der Waals surface area contributed by atoms with Crippen LogP contribution in [0.1, 0.15) is 22.3 Å². The van der Waals surface area contributed by atoms with E-state index in [-0.39, 0.29) is 0 Å². The molecule has 3 heteroatoms. The predicted molar refractivity (Wildman–Crippen MR) is 131 cm³/mol. The Morgan fingerprint density at radius 1 is 0.531 bits per heavy atom. The average Bonchev–Trinajstić information content (AvgIpc) is 3.14. The molecule has 0 spiro atoms. The van der Waals surface area contributed by atoms with Crippen LogP contribution < -0.4 is 5.46 Å². The van der Waals surface area contributed by atoms with Crippen LogP contribution in [0, 0.1) is 0 Å². The van der Waals surface area contributed by atoms with E-state index in [4.69, 9.17) is 0 Å². The van der Waals surface area contributed by atoms with Gasteiger partial charge in [-0.2, -0.15) is 0 Å². The first-order valence-corrected chi connectivity index (χ1v) is 10.9. The van der Waals surface area contributed by atoms with Gasteiger partial charge in [-0.05, 0) is 61.7 Å². The van der Waals surface area contributed by atoms with Crippen LogP contribution in [0.5, 0.6) is 0 Å². The molecule has 0 fully saturated rings. The minimum Gasteiger partial charge on any atom is -0.423 e. The summed E-state index contributed by atoms with van der Waals surface area (Å²) in [4.78, 5) is 0. The second-order valence-electron chi connectivity index (χ2n) is 8.37. The largest absolute Gasteiger partial charge is 0.489 e. The van der Waals surface area contributed by atoms with E-state index in [0.717, 1.165) is 38.8 Å². The second-order valence-corrected chi connectivity index (χ2v) is 8.37. The molecule has 32 heavy (non-hydrogen) atoms. The molecule has 0 heterocycles. The fraction of sp³-hybridized carbons (Fsp3) is 0.0345. The lowest BCUT2D eigenvalue weighted by Crippen LogP contribution is -2.33. The number of fused-ring (bicyclic) bond motifs is 4. The van der Waals surface area contributed by atoms with Crippen LogP contribution in [0.4, 0.5) is 0 Å². The maximum Gasteiger partial charge on any atom is 0.489 e. The smallest absolute Gasteiger partial charge is 0.423 e. The zero-order valence-corrected chi connectivity index (χ0v) is 17.4. The maximum atomic E-state index is 10.3. The van der Waals surface area contributed by atoms with E-state index in [1.54, 1.807) is 0 Å². The maximum absolute atomic E-state index is 10.3. The zero-order chi connectivity index (χ0) is 21.7. The Hall–Kier alpha value is -3.66. The third-order valence-electron chi connectivity index (χ3n) is 6.75. The number of rotatable bonds is 3. The predicted octanol–water partition coefficient (Wildman–Crippen LogP) is 4.88. The van der Waals surface area contributed by atoms with E-state index in [0.29, 0.717) is 5.46 Å². The molecule has 5 aromatic rings. The minimum atomic E-state index is -1.55. The highest BCUT2D eigenvalue weighted by Gasteiger charge is 2.47. The van der Waals surface area contributed by atoms with Crippen LogP contribution in [0.15, 0.2) is 115 Å². The lowest BCUT2D eigenvalue weighted by Gasteiger charge is -2.34. The normalized spacial score (nSPS) is 13.6. The number of hydrogen-bond donors (Lipinski definition) is 2. The molecule has 2 N–H and O–H groups in total. The Morgan fingerprint density at radius 3 is 1.69 bits per heavy atom. The van der Waals surface area contributed by atoms with E-state index < -0.39 is 12.5 Å². The highest BCUT2D eigenvalue weighted by molar-refractivity contribution is 6.60. The molecule has 0 bridgehead atoms. The minimum absolute atomic E-state index is 0.535. The molecule has 1 aliphatic rings. The lowest BCUT2D eigenvalue weighted by molar-refractivity contribution is 0.426. The molecule has 0 saturated carbocycles. The monoisotopic (exact) mass is 412 g/mol. The fourth-order valence-corrected chi connectivity index (χ4v) is 5.47. The first-order chi connectivity index (χ1) is 15.7. The van der Waals surface area contributed by atoms with Crippen molar-refractivity contribution in [3.05, 3.63) is 138 Å². The second kappa shape index (κ2) is 7.20. The molecule has 0 radical (unpaired) electrons. The standard InChI is InChI=1S/C29H21BO2/c31-30(32)27-17-9-16-25-28(27)24-18-20-10-7-8-11-21(20)19-26(24)29(25,22-12-3-1-4-13-22)23-14-5-2-6-15-23/h1-19,31-32H. The van der Waals surface area contributed by atoms with Crippen molar-refractivity contribution in [3.63, 3.8) is 0 Å². The van der Waals surface area contributed by atoms with Crippen LogP contribution in [-0.2, 0) is 5.41 Å². The van der Waals surface area contributed by atoms with Crippen molar-refractivity contribution in [2.45, 2.75) is 5.41 Å². The highest BCUT2D eigenvalue weighted by atomic mass is 16.4. The zero-order valence-electron chi connectivity index (χ0n) is 17.4. The quantitative estimate of drug-likeness (QED) is 0.407. The molecule has 0 aliphatic heterocycles. The topological polar surface area (TPSA) is 40.5 Å². The lowest BCUT2D eigenvalue weighted by atomic mass is 9.66. The van der Waals surface area contributed by atoms with E-state index in [9.17, 15) is 10.0 Å². The van der Waals surface area contributed by atoms with Crippen LogP contribution in [0.25, 0.3) is 21.9 Å². The van der Waals surface area contributed by atoms with E-state index in [2.05, 4.69) is 84.9 Å². The molecule has 6 rings (SSSR count). The van der Waals surface area contributed by atoms with Crippen molar-refractivity contribution in [2.75, 3.05) is 0 Å². The Morgan fingerprint density at radius 2 is 1.09 bits per heavy atom. The summed E-state index contributed by atoms with van der Waals surface area (Å²) in [5.74, 6) is 0. The van der Waals surface area contributed by atoms with Crippen molar-refractivity contribution >= 4 is 23.4 Å². The van der Waals surface area contributed by atoms with Gasteiger partial charge in [0.25, 0.3) is 0 Å². The van der Waals surface area contributed by atoms with Crippen molar-refractivity contribution in [2.24, 2.45) is 0 Å². The summed E-state index contributed by atoms with van der Waals surface area (Å²) in [6.45, 7) is 0. The summed E-state index contributed by atoms with van der Waals surface area (Å²) in [7, 11) is -1.55. The van der Waals surface area contributed by atoms with Gasteiger partial charge >= 0.3 is 7.12 Å². The van der Waals surface area contributed by atoms with Crippen molar-refractivity contribution in [1.29, 1.82) is 0 Å². The van der Waals surface area contributed by atoms with Gasteiger partial charge in [-0.15, -0.1) is 0 Å². The van der Waals surface area contributed by atoms with Gasteiger partial charge in [0.2, 0.25) is 0 Å². The molecule has 0 aromatic heterocycles. The highest BCUT2D eigenvalue weighted by Crippen LogP contribution is 2.56. The van der Waals surface area contributed by atoms with Gasteiger partial charge in [0.05, 0.1) is 5.41 Å². The van der Waals surface area contributed by atoms with E-state index in [1.165, 1.54) is 5.39 Å². The fourth-order valence-electron chi connectivity index (χ4n) is 5.47. The number of hydrogen-bond acceptors (Lipinski definition) is 2. The van der Waals surface area contributed by atoms with Crippen molar-refractivity contribution < 1.29 is 10.0 Å². The summed E-state index contributed by atoms with van der Waals surface area (Å²) >= 11 is 0. The molecule has 0 atom stereocenters. The first-order valence-electron chi connectivity index (χ1n) is 10.9. The third kappa shape index (κ3) is 2.56. The number of benzene rings is 5.